The van der Waals surface area contributed by atoms with Crippen LogP contribution in [0.5, 0.6) is 0 Å². The van der Waals surface area contributed by atoms with Gasteiger partial charge in [0.1, 0.15) is 17.8 Å². The normalized spacial score (nSPS) is 42.2. The van der Waals surface area contributed by atoms with Gasteiger partial charge in [-0.3, -0.25) is 14.4 Å². The number of hydrogen-bond donors (Lipinski definition) is 3. The Bertz CT molecular complexity index is 1350. The first-order valence-electron chi connectivity index (χ1n) is 14.1. The van der Waals surface area contributed by atoms with Crippen LogP contribution in [0.25, 0.3) is 0 Å². The minimum absolute atomic E-state index is 0.0402. The van der Waals surface area contributed by atoms with Gasteiger partial charge in [-0.2, -0.15) is 0 Å². The number of rotatable bonds is 5. The van der Waals surface area contributed by atoms with Gasteiger partial charge in [-0.1, -0.05) is 25.1 Å². The fraction of sp³-hybridized carbons (Fsp3) is 0.613. The molecule has 1 aliphatic heterocycles. The predicted molar refractivity (Wildman–Crippen MR) is 145 cm³/mol. The molecule has 0 aromatic heterocycles. The van der Waals surface area contributed by atoms with Gasteiger partial charge in [-0.05, 0) is 50.5 Å². The van der Waals surface area contributed by atoms with Crippen LogP contribution in [0.1, 0.15) is 64.7 Å². The predicted octanol–water partition coefficient (Wildman–Crippen LogP) is 1.65. The van der Waals surface area contributed by atoms with E-state index in [1.807, 2.05) is 0 Å². The van der Waals surface area contributed by atoms with Crippen molar-refractivity contribution in [1.82, 2.24) is 0 Å². The molecule has 228 valence electrons. The number of carbonyl (C=O) groups excluding carboxylic acids is 4. The van der Waals surface area contributed by atoms with Crippen molar-refractivity contribution in [2.45, 2.75) is 96.1 Å². The highest BCUT2D eigenvalue weighted by Crippen LogP contribution is 2.71. The van der Waals surface area contributed by atoms with E-state index in [2.05, 4.69) is 0 Å². The van der Waals surface area contributed by atoms with Gasteiger partial charge in [0.05, 0.1) is 35.7 Å². The number of carbonyl (C=O) groups is 4. The molecule has 11 heteroatoms. The molecule has 0 unspecified atom stereocenters. The number of Topliss-reactive ketones (excluding diaryl/α,β-unsaturated/α-hetero) is 1. The Morgan fingerprint density at radius 3 is 2.21 bits per heavy atom. The lowest BCUT2D eigenvalue weighted by molar-refractivity contribution is -0.336. The van der Waals surface area contributed by atoms with Crippen molar-refractivity contribution in [3.05, 3.63) is 47.0 Å². The molecular weight excluding hydrogens is 548 g/mol. The number of ketones is 1. The maximum atomic E-state index is 14.8. The number of hydrogen-bond acceptors (Lipinski definition) is 11. The average molecular weight is 587 g/mol. The van der Waals surface area contributed by atoms with E-state index in [0.29, 0.717) is 5.57 Å². The summed E-state index contributed by atoms with van der Waals surface area (Å²) in [5, 5.41) is 34.8. The third kappa shape index (κ3) is 4.16. The monoisotopic (exact) mass is 586 g/mol. The molecule has 1 aromatic carbocycles. The van der Waals surface area contributed by atoms with Crippen LogP contribution in [0.3, 0.4) is 0 Å². The van der Waals surface area contributed by atoms with Gasteiger partial charge in [-0.15, -0.1) is 0 Å². The topological polar surface area (TPSA) is 166 Å². The minimum Gasteiger partial charge on any atom is -0.455 e. The second kappa shape index (κ2) is 9.97. The summed E-state index contributed by atoms with van der Waals surface area (Å²) in [6.45, 7) is 8.34. The van der Waals surface area contributed by atoms with Gasteiger partial charge in [0.15, 0.2) is 17.5 Å². The number of ether oxygens (including phenoxy) is 4. The SMILES string of the molecule is CC(=O)O[C@H]1C(=O)[C@@]2(C)[C@H]([C@H](OC(=O)c3ccccc3)[C@]3(O)C[C@]3(C)/C1=C(/C)[C@H](C)O)[C@]1(OC(C)=O)CO[C@@H]1C[C@@H]2O. The fourth-order valence-electron chi connectivity index (χ4n) is 7.68. The Hall–Kier alpha value is -3.12. The summed E-state index contributed by atoms with van der Waals surface area (Å²) in [5.74, 6) is -4.28. The first-order chi connectivity index (χ1) is 19.5. The second-order valence-electron chi connectivity index (χ2n) is 12.6. The van der Waals surface area contributed by atoms with E-state index in [1.54, 1.807) is 32.0 Å². The van der Waals surface area contributed by atoms with Crippen molar-refractivity contribution in [2.24, 2.45) is 16.7 Å². The molecule has 1 saturated heterocycles. The zero-order valence-corrected chi connectivity index (χ0v) is 24.6. The van der Waals surface area contributed by atoms with Gasteiger partial charge in [0.25, 0.3) is 0 Å². The van der Waals surface area contributed by atoms with Gasteiger partial charge >= 0.3 is 17.9 Å². The summed E-state index contributed by atoms with van der Waals surface area (Å²) < 4.78 is 23.4. The highest BCUT2D eigenvalue weighted by molar-refractivity contribution is 5.95. The molecule has 1 aromatic rings. The fourth-order valence-corrected chi connectivity index (χ4v) is 7.68. The van der Waals surface area contributed by atoms with Crippen molar-refractivity contribution >= 4 is 23.7 Å². The highest BCUT2D eigenvalue weighted by Gasteiger charge is 2.83. The summed E-state index contributed by atoms with van der Waals surface area (Å²) in [4.78, 5) is 53.3. The van der Waals surface area contributed by atoms with E-state index in [0.717, 1.165) is 6.92 Å². The molecule has 4 fully saturated rings. The van der Waals surface area contributed by atoms with E-state index in [9.17, 15) is 34.5 Å². The summed E-state index contributed by atoms with van der Waals surface area (Å²) in [7, 11) is 0. The van der Waals surface area contributed by atoms with E-state index < -0.39 is 82.2 Å². The molecule has 5 rings (SSSR count). The zero-order valence-electron chi connectivity index (χ0n) is 24.6. The number of aliphatic hydroxyl groups excluding tert-OH is 2. The quantitative estimate of drug-likeness (QED) is 0.261. The van der Waals surface area contributed by atoms with Crippen LogP contribution in [-0.4, -0.2) is 87.3 Å². The van der Waals surface area contributed by atoms with E-state index >= 15 is 0 Å². The van der Waals surface area contributed by atoms with E-state index in [1.165, 1.54) is 32.9 Å². The van der Waals surface area contributed by atoms with Crippen molar-refractivity contribution in [2.75, 3.05) is 6.61 Å². The van der Waals surface area contributed by atoms with Crippen LogP contribution in [0.15, 0.2) is 41.5 Å². The second-order valence-corrected chi connectivity index (χ2v) is 12.6. The molecule has 10 atom stereocenters. The smallest absolute Gasteiger partial charge is 0.338 e. The van der Waals surface area contributed by atoms with Crippen LogP contribution in [-0.2, 0) is 33.3 Å². The number of benzene rings is 1. The molecule has 4 aliphatic rings. The third-order valence-corrected chi connectivity index (χ3v) is 10.1. The Morgan fingerprint density at radius 2 is 1.69 bits per heavy atom. The van der Waals surface area contributed by atoms with Crippen molar-refractivity contribution in [3.63, 3.8) is 0 Å². The standard InChI is InChI=1S/C31H38O11/c1-15(16(2)32)22-23(40-17(3)33)25(36)29(6)20(35)12-21-30(14-39-21,42-18(4)34)24(29)26(31(38)13-28(22,31)5)41-27(37)19-10-8-7-9-11-19/h7-11,16,20-21,23-24,26,32,35,38H,12-14H2,1-6H3/b22-15-/t16-,20-,21+,23+,24-,26-,28+,29+,30-,31+/m0/s1. The molecule has 3 saturated carbocycles. The Kier molecular flexibility index (Phi) is 7.20. The maximum absolute atomic E-state index is 14.8. The van der Waals surface area contributed by atoms with Crippen molar-refractivity contribution in [1.29, 1.82) is 0 Å². The van der Waals surface area contributed by atoms with Crippen LogP contribution in [0.4, 0.5) is 0 Å². The third-order valence-electron chi connectivity index (χ3n) is 10.1. The van der Waals surface area contributed by atoms with E-state index in [-0.39, 0.29) is 30.6 Å². The lowest BCUT2D eigenvalue weighted by Crippen LogP contribution is -2.79. The minimum atomic E-state index is -1.88. The van der Waals surface area contributed by atoms with Gasteiger partial charge < -0.3 is 34.3 Å². The largest absolute Gasteiger partial charge is 0.455 e. The van der Waals surface area contributed by atoms with Crippen LogP contribution < -0.4 is 0 Å². The molecule has 0 spiro atoms. The Labute approximate surface area is 243 Å². The molecule has 42 heavy (non-hydrogen) atoms. The Morgan fingerprint density at radius 1 is 1.05 bits per heavy atom. The number of aliphatic hydroxyl groups is 3. The van der Waals surface area contributed by atoms with Crippen LogP contribution in [0.2, 0.25) is 0 Å². The summed E-state index contributed by atoms with van der Waals surface area (Å²) >= 11 is 0. The van der Waals surface area contributed by atoms with Crippen molar-refractivity contribution in [3.8, 4) is 0 Å². The number of esters is 3. The van der Waals surface area contributed by atoms with Gasteiger partial charge in [-0.25, -0.2) is 4.79 Å². The summed E-state index contributed by atoms with van der Waals surface area (Å²) in [6, 6.07) is 8.10. The summed E-state index contributed by atoms with van der Waals surface area (Å²) in [6.07, 6.45) is -6.59. The highest BCUT2D eigenvalue weighted by atomic mass is 16.6. The van der Waals surface area contributed by atoms with Crippen LogP contribution in [0, 0.1) is 16.7 Å². The van der Waals surface area contributed by atoms with Crippen molar-refractivity contribution < 1.29 is 53.4 Å². The molecule has 3 N–H and O–H groups in total. The summed E-state index contributed by atoms with van der Waals surface area (Å²) in [5.41, 5.74) is -5.94. The maximum Gasteiger partial charge on any atom is 0.338 e. The molecule has 11 nitrogen and oxygen atoms in total. The van der Waals surface area contributed by atoms with E-state index in [4.69, 9.17) is 18.9 Å². The molecule has 0 amide bonds. The Balaban J connectivity index is 1.80. The lowest BCUT2D eigenvalue weighted by atomic mass is 9.50. The molecular formula is C31H38O11. The lowest BCUT2D eigenvalue weighted by Gasteiger charge is -2.64. The number of fused-ring (bicyclic) bond motifs is 4. The molecule has 0 radical (unpaired) electrons. The molecule has 0 bridgehead atoms. The molecule has 3 aliphatic carbocycles. The first kappa shape index (κ1) is 30.3. The molecule has 1 heterocycles. The van der Waals surface area contributed by atoms with Gasteiger partial charge in [0.2, 0.25) is 0 Å². The average Bonchev–Trinajstić information content (AvgIpc) is 3.48. The van der Waals surface area contributed by atoms with Gasteiger partial charge in [0, 0.05) is 25.7 Å². The van der Waals surface area contributed by atoms with Crippen LogP contribution >= 0.6 is 0 Å². The first-order valence-corrected chi connectivity index (χ1v) is 14.1. The zero-order chi connectivity index (χ0) is 31.0.